The van der Waals surface area contributed by atoms with Gasteiger partial charge in [0.1, 0.15) is 5.82 Å². The lowest BCUT2D eigenvalue weighted by Crippen LogP contribution is -1.84. The Hall–Kier alpha value is -1.87. The summed E-state index contributed by atoms with van der Waals surface area (Å²) in [4.78, 5) is 11.8. The van der Waals surface area contributed by atoms with Crippen molar-refractivity contribution in [2.24, 2.45) is 0 Å². The van der Waals surface area contributed by atoms with E-state index < -0.39 is 0 Å². The maximum atomic E-state index is 6.27. The second kappa shape index (κ2) is 3.86. The maximum absolute atomic E-state index is 6.27. The monoisotopic (exact) mass is 243 g/mol. The second-order valence-electron chi connectivity index (χ2n) is 3.90. The lowest BCUT2D eigenvalue weighted by atomic mass is 10.1. The molecule has 2 aromatic heterocycles. The van der Waals surface area contributed by atoms with E-state index in [9.17, 15) is 0 Å². The van der Waals surface area contributed by atoms with Crippen molar-refractivity contribution in [2.75, 3.05) is 0 Å². The van der Waals surface area contributed by atoms with Crippen LogP contribution in [0, 0.1) is 6.92 Å². The summed E-state index contributed by atoms with van der Waals surface area (Å²) in [5.41, 5.74) is 3.57. The first-order valence-electron chi connectivity index (χ1n) is 5.32. The highest BCUT2D eigenvalue weighted by atomic mass is 35.5. The highest BCUT2D eigenvalue weighted by molar-refractivity contribution is 6.34. The number of H-pyrrole nitrogens is 1. The number of halogens is 1. The zero-order valence-electron chi connectivity index (χ0n) is 9.24. The quantitative estimate of drug-likeness (QED) is 0.710. The predicted molar refractivity (Wildman–Crippen MR) is 69.1 cm³/mol. The van der Waals surface area contributed by atoms with Crippen LogP contribution >= 0.6 is 11.6 Å². The van der Waals surface area contributed by atoms with Crippen LogP contribution in [-0.2, 0) is 0 Å². The molecule has 0 fully saturated rings. The van der Waals surface area contributed by atoms with Crippen molar-refractivity contribution in [3.63, 3.8) is 0 Å². The number of hydrogen-bond acceptors (Lipinski definition) is 2. The number of imidazole rings is 1. The van der Waals surface area contributed by atoms with Crippen LogP contribution in [0.3, 0.4) is 0 Å². The van der Waals surface area contributed by atoms with E-state index in [-0.39, 0.29) is 0 Å². The minimum Gasteiger partial charge on any atom is -0.337 e. The molecule has 4 heteroatoms. The summed E-state index contributed by atoms with van der Waals surface area (Å²) in [6, 6.07) is 9.72. The molecule has 0 spiro atoms. The molecule has 0 atom stereocenters. The van der Waals surface area contributed by atoms with Gasteiger partial charge in [-0.1, -0.05) is 23.7 Å². The zero-order chi connectivity index (χ0) is 11.8. The van der Waals surface area contributed by atoms with Gasteiger partial charge in [-0.15, -0.1) is 0 Å². The molecule has 0 unspecified atom stereocenters. The third-order valence-corrected chi connectivity index (χ3v) is 3.21. The average molecular weight is 244 g/mol. The fourth-order valence-electron chi connectivity index (χ4n) is 1.80. The third-order valence-electron chi connectivity index (χ3n) is 2.70. The Morgan fingerprint density at radius 1 is 1.18 bits per heavy atom. The van der Waals surface area contributed by atoms with Gasteiger partial charge in [0.15, 0.2) is 5.65 Å². The van der Waals surface area contributed by atoms with Crippen LogP contribution in [0.2, 0.25) is 5.02 Å². The van der Waals surface area contributed by atoms with Crippen molar-refractivity contribution < 1.29 is 0 Å². The smallest absolute Gasteiger partial charge is 0.178 e. The van der Waals surface area contributed by atoms with Gasteiger partial charge in [0.05, 0.1) is 10.5 Å². The summed E-state index contributed by atoms with van der Waals surface area (Å²) in [7, 11) is 0. The fraction of sp³-hybridized carbons (Fsp3) is 0.0769. The van der Waals surface area contributed by atoms with Gasteiger partial charge in [0.25, 0.3) is 0 Å². The summed E-state index contributed by atoms with van der Waals surface area (Å²) >= 11 is 6.27. The molecule has 1 N–H and O–H groups in total. The Morgan fingerprint density at radius 3 is 2.88 bits per heavy atom. The van der Waals surface area contributed by atoms with Crippen molar-refractivity contribution in [1.29, 1.82) is 0 Å². The molecule has 0 bridgehead atoms. The Kier molecular flexibility index (Phi) is 2.34. The molecule has 0 radical (unpaired) electrons. The summed E-state index contributed by atoms with van der Waals surface area (Å²) in [5, 5.41) is 0.728. The first kappa shape index (κ1) is 10.3. The molecule has 17 heavy (non-hydrogen) atoms. The van der Waals surface area contributed by atoms with E-state index in [0.29, 0.717) is 5.65 Å². The Morgan fingerprint density at radius 2 is 2.06 bits per heavy atom. The Labute approximate surface area is 103 Å². The number of aromatic nitrogens is 3. The van der Waals surface area contributed by atoms with Crippen LogP contribution in [0.1, 0.15) is 5.56 Å². The summed E-state index contributed by atoms with van der Waals surface area (Å²) in [6.45, 7) is 1.98. The van der Waals surface area contributed by atoms with Gasteiger partial charge in [-0.05, 0) is 30.7 Å². The molecular weight excluding hydrogens is 234 g/mol. The van der Waals surface area contributed by atoms with Gasteiger partial charge in [-0.25, -0.2) is 9.97 Å². The van der Waals surface area contributed by atoms with Crippen LogP contribution in [0.25, 0.3) is 22.6 Å². The highest BCUT2D eigenvalue weighted by Gasteiger charge is 2.10. The average Bonchev–Trinajstić information content (AvgIpc) is 2.76. The lowest BCUT2D eigenvalue weighted by Gasteiger charge is -2.02. The standard InChI is InChI=1S/C13H10ClN3/c1-8-4-2-5-9(11(8)14)12-16-10-6-3-7-15-13(10)17-12/h2-7H,1H3,(H,15,16,17). The third kappa shape index (κ3) is 1.68. The largest absolute Gasteiger partial charge is 0.337 e. The molecule has 1 aromatic carbocycles. The molecule has 3 nitrogen and oxygen atoms in total. The van der Waals surface area contributed by atoms with E-state index >= 15 is 0 Å². The number of rotatable bonds is 1. The van der Waals surface area contributed by atoms with E-state index in [2.05, 4.69) is 15.0 Å². The number of fused-ring (bicyclic) bond motifs is 1. The SMILES string of the molecule is Cc1cccc(-c2nc3ncccc3[nH]2)c1Cl. The summed E-state index contributed by atoms with van der Waals surface area (Å²) < 4.78 is 0. The van der Waals surface area contributed by atoms with Crippen LogP contribution in [0.5, 0.6) is 0 Å². The maximum Gasteiger partial charge on any atom is 0.178 e. The number of aromatic amines is 1. The van der Waals surface area contributed by atoms with Crippen molar-refractivity contribution in [3.8, 4) is 11.4 Å². The van der Waals surface area contributed by atoms with Gasteiger partial charge in [0.2, 0.25) is 0 Å². The van der Waals surface area contributed by atoms with Crippen LogP contribution in [0.15, 0.2) is 36.5 Å². The summed E-state index contributed by atoms with van der Waals surface area (Å²) in [6.07, 6.45) is 1.73. The lowest BCUT2D eigenvalue weighted by molar-refractivity contribution is 1.29. The van der Waals surface area contributed by atoms with Gasteiger partial charge < -0.3 is 4.98 Å². The second-order valence-corrected chi connectivity index (χ2v) is 4.27. The molecule has 0 aliphatic rings. The predicted octanol–water partition coefficient (Wildman–Crippen LogP) is 3.59. The van der Waals surface area contributed by atoms with Gasteiger partial charge in [0, 0.05) is 11.8 Å². The van der Waals surface area contributed by atoms with Crippen molar-refractivity contribution in [2.45, 2.75) is 6.92 Å². The van der Waals surface area contributed by atoms with Gasteiger partial charge >= 0.3 is 0 Å². The van der Waals surface area contributed by atoms with Crippen molar-refractivity contribution >= 4 is 22.8 Å². The first-order chi connectivity index (χ1) is 8.25. The van der Waals surface area contributed by atoms with Crippen molar-refractivity contribution in [1.82, 2.24) is 15.0 Å². The molecule has 3 rings (SSSR count). The van der Waals surface area contributed by atoms with Crippen molar-refractivity contribution in [3.05, 3.63) is 47.1 Å². The van der Waals surface area contributed by atoms with E-state index in [0.717, 1.165) is 27.5 Å². The molecule has 0 saturated carbocycles. The van der Waals surface area contributed by atoms with E-state index in [1.165, 1.54) is 0 Å². The van der Waals surface area contributed by atoms with Crippen LogP contribution in [-0.4, -0.2) is 15.0 Å². The normalized spacial score (nSPS) is 10.9. The molecule has 84 valence electrons. The topological polar surface area (TPSA) is 41.6 Å². The number of benzene rings is 1. The Balaban J connectivity index is 2.24. The number of nitrogens with zero attached hydrogens (tertiary/aromatic N) is 2. The number of hydrogen-bond donors (Lipinski definition) is 1. The molecule has 0 saturated heterocycles. The molecular formula is C13H10ClN3. The zero-order valence-corrected chi connectivity index (χ0v) is 9.99. The minimum absolute atomic E-state index is 0.708. The van der Waals surface area contributed by atoms with Crippen LogP contribution in [0.4, 0.5) is 0 Å². The van der Waals surface area contributed by atoms with Gasteiger partial charge in [-0.3, -0.25) is 0 Å². The van der Waals surface area contributed by atoms with E-state index in [1.807, 2.05) is 37.3 Å². The highest BCUT2D eigenvalue weighted by Crippen LogP contribution is 2.29. The summed E-state index contributed by atoms with van der Waals surface area (Å²) in [5.74, 6) is 0.757. The van der Waals surface area contributed by atoms with E-state index in [1.54, 1.807) is 6.20 Å². The van der Waals surface area contributed by atoms with Gasteiger partial charge in [-0.2, -0.15) is 0 Å². The number of nitrogens with one attached hydrogen (secondary N) is 1. The molecule has 0 amide bonds. The van der Waals surface area contributed by atoms with Crippen LogP contribution < -0.4 is 0 Å². The molecule has 2 heterocycles. The Bertz CT molecular complexity index is 655. The first-order valence-corrected chi connectivity index (χ1v) is 5.70. The number of pyridine rings is 1. The minimum atomic E-state index is 0.708. The fourth-order valence-corrected chi connectivity index (χ4v) is 2.02. The molecule has 3 aromatic rings. The number of aryl methyl sites for hydroxylation is 1. The molecule has 0 aliphatic carbocycles. The van der Waals surface area contributed by atoms with E-state index in [4.69, 9.17) is 11.6 Å². The molecule has 0 aliphatic heterocycles.